The van der Waals surface area contributed by atoms with Gasteiger partial charge in [-0.3, -0.25) is 0 Å². The van der Waals surface area contributed by atoms with Crippen LogP contribution in [0.3, 0.4) is 0 Å². The lowest BCUT2D eigenvalue weighted by Gasteiger charge is -2.32. The number of benzene rings is 4. The second kappa shape index (κ2) is 10.4. The summed E-state index contributed by atoms with van der Waals surface area (Å²) in [5, 5.41) is 5.33. The molecule has 2 N–H and O–H groups in total. The number of hydrogen-bond acceptors (Lipinski definition) is 4. The Labute approximate surface area is 252 Å². The van der Waals surface area contributed by atoms with Gasteiger partial charge in [0.25, 0.3) is 0 Å². The van der Waals surface area contributed by atoms with Crippen molar-refractivity contribution in [2.75, 3.05) is 13.2 Å². The molecule has 216 valence electrons. The van der Waals surface area contributed by atoms with Gasteiger partial charge in [0.05, 0.1) is 11.2 Å². The highest BCUT2D eigenvalue weighted by Gasteiger charge is 2.52. The predicted molar refractivity (Wildman–Crippen MR) is 173 cm³/mol. The van der Waals surface area contributed by atoms with Crippen molar-refractivity contribution in [3.8, 4) is 11.1 Å². The van der Waals surface area contributed by atoms with E-state index in [4.69, 9.17) is 14.0 Å². The topological polar surface area (TPSA) is 72.6 Å². The highest BCUT2D eigenvalue weighted by atomic mass is 16.7. The molecule has 1 saturated heterocycles. The molecule has 7 rings (SSSR count). The predicted octanol–water partition coefficient (Wildman–Crippen LogP) is 7.87. The van der Waals surface area contributed by atoms with Gasteiger partial charge >= 0.3 is 13.2 Å². The first-order chi connectivity index (χ1) is 20.7. The molecule has 0 radical (unpaired) electrons. The van der Waals surface area contributed by atoms with E-state index in [0.29, 0.717) is 0 Å². The zero-order valence-corrected chi connectivity index (χ0v) is 24.9. The van der Waals surface area contributed by atoms with E-state index in [0.717, 1.165) is 22.1 Å². The van der Waals surface area contributed by atoms with Crippen LogP contribution < -0.4 is 5.32 Å². The smallest absolute Gasteiger partial charge is 0.449 e. The van der Waals surface area contributed by atoms with E-state index in [1.54, 1.807) is 0 Å². The molecule has 0 unspecified atom stereocenters. The van der Waals surface area contributed by atoms with Gasteiger partial charge in [-0.2, -0.15) is 0 Å². The van der Waals surface area contributed by atoms with Gasteiger partial charge in [0, 0.05) is 34.3 Å². The third kappa shape index (κ3) is 4.92. The number of rotatable bonds is 6. The number of carbonyl (C=O) groups is 1. The normalized spacial score (nSPS) is 17.3. The Balaban J connectivity index is 1.11. The number of hydrogen-bond donors (Lipinski definition) is 2. The molecule has 2 heterocycles. The summed E-state index contributed by atoms with van der Waals surface area (Å²) in [6.45, 7) is 8.59. The minimum Gasteiger partial charge on any atom is -0.449 e. The van der Waals surface area contributed by atoms with E-state index in [1.807, 2.05) is 64.1 Å². The summed E-state index contributed by atoms with van der Waals surface area (Å²) >= 11 is 0. The lowest BCUT2D eigenvalue weighted by molar-refractivity contribution is 0.00578. The van der Waals surface area contributed by atoms with Crippen molar-refractivity contribution in [2.45, 2.75) is 44.8 Å². The second-order valence-corrected chi connectivity index (χ2v) is 12.5. The number of aromatic nitrogens is 1. The van der Waals surface area contributed by atoms with Crippen LogP contribution in [0.15, 0.2) is 96.5 Å². The Kier molecular flexibility index (Phi) is 6.68. The summed E-state index contributed by atoms with van der Waals surface area (Å²) in [4.78, 5) is 16.6. The van der Waals surface area contributed by atoms with Gasteiger partial charge in [0.1, 0.15) is 6.61 Å². The van der Waals surface area contributed by atoms with E-state index in [1.165, 1.54) is 33.0 Å². The Morgan fingerprint density at radius 3 is 2.14 bits per heavy atom. The molecule has 1 amide bonds. The number of ether oxygens (including phenoxy) is 1. The van der Waals surface area contributed by atoms with Gasteiger partial charge in [-0.25, -0.2) is 4.79 Å². The van der Waals surface area contributed by atoms with Crippen molar-refractivity contribution in [2.24, 2.45) is 0 Å². The maximum atomic E-state index is 13.1. The van der Waals surface area contributed by atoms with E-state index in [2.05, 4.69) is 71.0 Å². The number of amides is 1. The number of aromatic amines is 1. The van der Waals surface area contributed by atoms with Crippen LogP contribution in [0.2, 0.25) is 0 Å². The van der Waals surface area contributed by atoms with Gasteiger partial charge in [0.15, 0.2) is 0 Å². The zero-order valence-electron chi connectivity index (χ0n) is 24.9. The molecule has 5 aromatic rings. The average Bonchev–Trinajstić information content (AvgIpc) is 3.59. The summed E-state index contributed by atoms with van der Waals surface area (Å²) in [6.07, 6.45) is 1.56. The third-order valence-corrected chi connectivity index (χ3v) is 9.22. The third-order valence-electron chi connectivity index (χ3n) is 9.22. The van der Waals surface area contributed by atoms with Crippen LogP contribution in [-0.4, -0.2) is 42.5 Å². The number of alkyl carbamates (subject to hydrolysis) is 1. The molecular formula is C36H35BN2O4. The van der Waals surface area contributed by atoms with Crippen molar-refractivity contribution in [1.82, 2.24) is 10.3 Å². The fraction of sp³-hybridized carbons (Fsp3) is 0.250. The van der Waals surface area contributed by atoms with Gasteiger partial charge < -0.3 is 24.3 Å². The van der Waals surface area contributed by atoms with Crippen LogP contribution in [0.4, 0.5) is 4.79 Å². The van der Waals surface area contributed by atoms with E-state index in [9.17, 15) is 4.79 Å². The lowest BCUT2D eigenvalue weighted by Crippen LogP contribution is -2.41. The summed E-state index contributed by atoms with van der Waals surface area (Å²) in [7, 11) is -0.614. The number of nitrogens with one attached hydrogen (secondary N) is 2. The van der Waals surface area contributed by atoms with E-state index < -0.39 is 24.4 Å². The first-order valence-electron chi connectivity index (χ1n) is 14.9. The van der Waals surface area contributed by atoms with Gasteiger partial charge in [-0.15, -0.1) is 0 Å². The molecule has 43 heavy (non-hydrogen) atoms. The van der Waals surface area contributed by atoms with E-state index >= 15 is 0 Å². The Morgan fingerprint density at radius 2 is 1.44 bits per heavy atom. The monoisotopic (exact) mass is 570 g/mol. The van der Waals surface area contributed by atoms with Crippen LogP contribution in [0.1, 0.15) is 50.3 Å². The first-order valence-corrected chi connectivity index (χ1v) is 14.9. The molecule has 6 nitrogen and oxygen atoms in total. The Hall–Kier alpha value is -4.33. The Morgan fingerprint density at radius 1 is 0.837 bits per heavy atom. The Bertz CT molecular complexity index is 1830. The average molecular weight is 570 g/mol. The van der Waals surface area contributed by atoms with Crippen molar-refractivity contribution in [3.63, 3.8) is 0 Å². The molecule has 7 heteroatoms. The van der Waals surface area contributed by atoms with E-state index in [-0.39, 0.29) is 19.1 Å². The SMILES string of the molecule is CC1(C)OB(C(=Cc2ccc3c(c2)[nH]c2ccccc23)CNC(=O)OCC2c3ccccc3-c3ccccc32)OC1(C)C. The molecule has 0 atom stereocenters. The highest BCUT2D eigenvalue weighted by Crippen LogP contribution is 2.44. The van der Waals surface area contributed by atoms with Crippen LogP contribution in [0, 0.1) is 0 Å². The number of carbonyl (C=O) groups excluding carboxylic acids is 1. The summed E-state index contributed by atoms with van der Waals surface area (Å²) in [5.41, 5.74) is 7.68. The van der Waals surface area contributed by atoms with Gasteiger partial charge in [-0.05, 0) is 73.1 Å². The minimum absolute atomic E-state index is 0.000652. The van der Waals surface area contributed by atoms with Crippen molar-refractivity contribution < 1.29 is 18.8 Å². The molecule has 0 saturated carbocycles. The molecule has 0 spiro atoms. The van der Waals surface area contributed by atoms with Crippen LogP contribution in [-0.2, 0) is 14.0 Å². The lowest BCUT2D eigenvalue weighted by atomic mass is 9.77. The van der Waals surface area contributed by atoms with Crippen molar-refractivity contribution in [1.29, 1.82) is 0 Å². The number of H-pyrrole nitrogens is 1. The molecule has 1 aliphatic heterocycles. The van der Waals surface area contributed by atoms with Crippen LogP contribution >= 0.6 is 0 Å². The fourth-order valence-electron chi connectivity index (χ4n) is 6.20. The van der Waals surface area contributed by atoms with Gasteiger partial charge in [-0.1, -0.05) is 84.9 Å². The maximum absolute atomic E-state index is 13.1. The molecule has 1 aliphatic carbocycles. The molecule has 1 aromatic heterocycles. The van der Waals surface area contributed by atoms with Crippen molar-refractivity contribution in [3.05, 3.63) is 113 Å². The number of fused-ring (bicyclic) bond motifs is 6. The zero-order chi connectivity index (χ0) is 29.8. The molecular weight excluding hydrogens is 535 g/mol. The summed E-state index contributed by atoms with van der Waals surface area (Å²) in [5.74, 6) is -0.000652. The molecule has 1 fully saturated rings. The summed E-state index contributed by atoms with van der Waals surface area (Å²) in [6, 6.07) is 31.3. The maximum Gasteiger partial charge on any atom is 0.492 e. The standard InChI is InChI=1S/C36H35BN2O4/c1-35(2)36(3,4)43-37(42-35)24(19-23-17-18-30-29-15-9-10-16-32(29)39-33(30)20-23)21-38-34(40)41-22-31-27-13-7-5-11-25(27)26-12-6-8-14-28(26)31/h5-20,31,39H,21-22H2,1-4H3,(H,38,40). The molecule has 0 bridgehead atoms. The largest absolute Gasteiger partial charge is 0.492 e. The van der Waals surface area contributed by atoms with Crippen LogP contribution in [0.25, 0.3) is 39.0 Å². The highest BCUT2D eigenvalue weighted by molar-refractivity contribution is 6.56. The van der Waals surface area contributed by atoms with Crippen molar-refractivity contribution >= 4 is 41.1 Å². The van der Waals surface area contributed by atoms with Gasteiger partial charge in [0.2, 0.25) is 0 Å². The van der Waals surface area contributed by atoms with Crippen LogP contribution in [0.5, 0.6) is 0 Å². The minimum atomic E-state index is -0.614. The first kappa shape index (κ1) is 27.5. The molecule has 2 aliphatic rings. The summed E-state index contributed by atoms with van der Waals surface area (Å²) < 4.78 is 18.6. The molecule has 4 aromatic carbocycles. The second-order valence-electron chi connectivity index (χ2n) is 12.5. The quantitative estimate of drug-likeness (QED) is 0.204. The number of para-hydroxylation sites is 1. The fourth-order valence-corrected chi connectivity index (χ4v) is 6.20.